The van der Waals surface area contributed by atoms with E-state index in [1.807, 2.05) is 6.92 Å². The summed E-state index contributed by atoms with van der Waals surface area (Å²) in [4.78, 5) is 0.741. The highest BCUT2D eigenvalue weighted by molar-refractivity contribution is 7.89. The average molecular weight is 275 g/mol. The molecule has 0 bridgehead atoms. The molecule has 17 heavy (non-hydrogen) atoms. The Kier molecular flexibility index (Phi) is 5.30. The largest absolute Gasteiger partial charge is 0.255 e. The van der Waals surface area contributed by atoms with Crippen LogP contribution in [0, 0.1) is 0 Å². The van der Waals surface area contributed by atoms with E-state index in [1.54, 1.807) is 30.5 Å². The van der Waals surface area contributed by atoms with Crippen LogP contribution in [0.4, 0.5) is 0 Å². The highest BCUT2D eigenvalue weighted by Crippen LogP contribution is 2.07. The standard InChI is InChI=1S/C11H17NO3S2/c1-3-8-17(14,15)12-9-10-4-6-11(7-5-10)16(2)13/h4-7,12H,3,8-9H2,1-2H3/t16-/m1/s1. The van der Waals surface area contributed by atoms with Crippen LogP contribution in [0.25, 0.3) is 0 Å². The smallest absolute Gasteiger partial charge is 0.211 e. The quantitative estimate of drug-likeness (QED) is 0.850. The van der Waals surface area contributed by atoms with Gasteiger partial charge >= 0.3 is 0 Å². The van der Waals surface area contributed by atoms with Crippen molar-refractivity contribution in [2.24, 2.45) is 0 Å². The Labute approximate surface area is 105 Å². The summed E-state index contributed by atoms with van der Waals surface area (Å²) >= 11 is 0. The van der Waals surface area contributed by atoms with Crippen LogP contribution in [-0.4, -0.2) is 24.6 Å². The number of benzene rings is 1. The third-order valence-electron chi connectivity index (χ3n) is 2.22. The van der Waals surface area contributed by atoms with E-state index >= 15 is 0 Å². The zero-order chi connectivity index (χ0) is 12.9. The van der Waals surface area contributed by atoms with Gasteiger partial charge in [-0.25, -0.2) is 13.1 Å². The lowest BCUT2D eigenvalue weighted by Crippen LogP contribution is -2.25. The molecule has 0 spiro atoms. The summed E-state index contributed by atoms with van der Waals surface area (Å²) in [5.41, 5.74) is 0.860. The van der Waals surface area contributed by atoms with E-state index in [1.165, 1.54) is 0 Å². The van der Waals surface area contributed by atoms with Crippen molar-refractivity contribution in [2.75, 3.05) is 12.0 Å². The lowest BCUT2D eigenvalue weighted by Gasteiger charge is -2.06. The monoisotopic (exact) mass is 275 g/mol. The first-order valence-electron chi connectivity index (χ1n) is 5.34. The lowest BCUT2D eigenvalue weighted by molar-refractivity contribution is 0.580. The lowest BCUT2D eigenvalue weighted by atomic mass is 10.2. The fourth-order valence-electron chi connectivity index (χ4n) is 1.33. The molecule has 1 atom stereocenters. The fraction of sp³-hybridized carbons (Fsp3) is 0.455. The van der Waals surface area contributed by atoms with Gasteiger partial charge in [-0.05, 0) is 24.1 Å². The molecule has 1 aromatic carbocycles. The molecule has 6 heteroatoms. The van der Waals surface area contributed by atoms with Gasteiger partial charge in [-0.1, -0.05) is 19.1 Å². The molecule has 1 aromatic rings. The van der Waals surface area contributed by atoms with Crippen LogP contribution in [0.3, 0.4) is 0 Å². The predicted molar refractivity (Wildman–Crippen MR) is 69.7 cm³/mol. The van der Waals surface area contributed by atoms with Gasteiger partial charge in [0, 0.05) is 28.5 Å². The second-order valence-electron chi connectivity index (χ2n) is 3.74. The third-order valence-corrected chi connectivity index (χ3v) is 4.69. The molecule has 1 N–H and O–H groups in total. The van der Waals surface area contributed by atoms with Crippen molar-refractivity contribution in [2.45, 2.75) is 24.8 Å². The number of hydrogen-bond donors (Lipinski definition) is 1. The van der Waals surface area contributed by atoms with Crippen LogP contribution in [0.15, 0.2) is 29.2 Å². The third kappa shape index (κ3) is 4.97. The van der Waals surface area contributed by atoms with Gasteiger partial charge in [0.15, 0.2) is 0 Å². The van der Waals surface area contributed by atoms with E-state index < -0.39 is 20.8 Å². The van der Waals surface area contributed by atoms with Gasteiger partial charge in [-0.15, -0.1) is 0 Å². The van der Waals surface area contributed by atoms with Crippen LogP contribution < -0.4 is 4.72 Å². The molecule has 0 saturated heterocycles. The van der Waals surface area contributed by atoms with Crippen LogP contribution in [0.1, 0.15) is 18.9 Å². The predicted octanol–water partition coefficient (Wildman–Crippen LogP) is 1.25. The number of hydrogen-bond acceptors (Lipinski definition) is 3. The number of rotatable bonds is 6. The Morgan fingerprint density at radius 2 is 1.82 bits per heavy atom. The van der Waals surface area contributed by atoms with Gasteiger partial charge in [0.25, 0.3) is 0 Å². The molecule has 0 unspecified atom stereocenters. The maximum Gasteiger partial charge on any atom is 0.211 e. The second kappa shape index (κ2) is 6.28. The fourth-order valence-corrected chi connectivity index (χ4v) is 2.92. The minimum atomic E-state index is -3.17. The Hall–Kier alpha value is -0.720. The van der Waals surface area contributed by atoms with Crippen molar-refractivity contribution in [1.29, 1.82) is 0 Å². The van der Waals surface area contributed by atoms with Crippen LogP contribution in [0.5, 0.6) is 0 Å². The minimum Gasteiger partial charge on any atom is -0.255 e. The van der Waals surface area contributed by atoms with E-state index in [0.717, 1.165) is 10.5 Å². The van der Waals surface area contributed by atoms with E-state index in [2.05, 4.69) is 4.72 Å². The topological polar surface area (TPSA) is 63.2 Å². The first-order chi connectivity index (χ1) is 7.94. The van der Waals surface area contributed by atoms with Gasteiger partial charge in [0.1, 0.15) is 0 Å². The summed E-state index contributed by atoms with van der Waals surface area (Å²) in [5, 5.41) is 0. The summed E-state index contributed by atoms with van der Waals surface area (Å²) in [6, 6.07) is 7.07. The van der Waals surface area contributed by atoms with Gasteiger partial charge in [-0.3, -0.25) is 4.21 Å². The van der Waals surface area contributed by atoms with Gasteiger partial charge < -0.3 is 0 Å². The van der Waals surface area contributed by atoms with Gasteiger partial charge in [-0.2, -0.15) is 0 Å². The van der Waals surface area contributed by atoms with E-state index in [0.29, 0.717) is 6.42 Å². The van der Waals surface area contributed by atoms with E-state index in [9.17, 15) is 12.6 Å². The summed E-state index contributed by atoms with van der Waals surface area (Å²) in [6.45, 7) is 2.10. The summed E-state index contributed by atoms with van der Waals surface area (Å²) in [5.74, 6) is 0.143. The van der Waals surface area contributed by atoms with E-state index in [4.69, 9.17) is 0 Å². The molecule has 0 heterocycles. The van der Waals surface area contributed by atoms with E-state index in [-0.39, 0.29) is 12.3 Å². The van der Waals surface area contributed by atoms with Crippen molar-refractivity contribution in [1.82, 2.24) is 4.72 Å². The highest BCUT2D eigenvalue weighted by Gasteiger charge is 2.07. The number of nitrogens with one attached hydrogen (secondary N) is 1. The SMILES string of the molecule is CCCS(=O)(=O)NCc1ccc([S@@](C)=O)cc1. The average Bonchev–Trinajstić information content (AvgIpc) is 2.27. The molecule has 0 aliphatic rings. The highest BCUT2D eigenvalue weighted by atomic mass is 32.2. The van der Waals surface area contributed by atoms with Crippen molar-refractivity contribution in [3.8, 4) is 0 Å². The number of sulfonamides is 1. The Bertz CT molecular complexity index is 480. The van der Waals surface area contributed by atoms with Crippen molar-refractivity contribution >= 4 is 20.8 Å². The maximum atomic E-state index is 11.4. The minimum absolute atomic E-state index is 0.143. The zero-order valence-corrected chi connectivity index (χ0v) is 11.6. The molecule has 0 fully saturated rings. The normalized spacial score (nSPS) is 13.5. The molecule has 4 nitrogen and oxygen atoms in total. The summed E-state index contributed by atoms with van der Waals surface area (Å²) < 4.78 is 36.5. The van der Waals surface area contributed by atoms with Crippen LogP contribution in [0.2, 0.25) is 0 Å². The Morgan fingerprint density at radius 1 is 1.24 bits per heavy atom. The molecule has 0 amide bonds. The first-order valence-corrected chi connectivity index (χ1v) is 8.55. The molecule has 0 aliphatic heterocycles. The maximum absolute atomic E-state index is 11.4. The molecule has 0 aliphatic carbocycles. The second-order valence-corrected chi connectivity index (χ2v) is 7.04. The molecular weight excluding hydrogens is 258 g/mol. The van der Waals surface area contributed by atoms with Crippen molar-refractivity contribution < 1.29 is 12.6 Å². The van der Waals surface area contributed by atoms with Gasteiger partial charge in [0.05, 0.1) is 5.75 Å². The summed E-state index contributed by atoms with van der Waals surface area (Å²) in [6.07, 6.45) is 2.21. The molecule has 96 valence electrons. The van der Waals surface area contributed by atoms with Crippen LogP contribution >= 0.6 is 0 Å². The Balaban J connectivity index is 2.62. The van der Waals surface area contributed by atoms with Crippen LogP contribution in [-0.2, 0) is 27.4 Å². The molecule has 1 rings (SSSR count). The molecule has 0 aromatic heterocycles. The van der Waals surface area contributed by atoms with Crippen molar-refractivity contribution in [3.63, 3.8) is 0 Å². The van der Waals surface area contributed by atoms with Crippen molar-refractivity contribution in [3.05, 3.63) is 29.8 Å². The molecular formula is C11H17NO3S2. The zero-order valence-electron chi connectivity index (χ0n) is 9.97. The van der Waals surface area contributed by atoms with Gasteiger partial charge in [0.2, 0.25) is 10.0 Å². The first kappa shape index (κ1) is 14.3. The molecule has 0 radical (unpaired) electrons. The Morgan fingerprint density at radius 3 is 2.29 bits per heavy atom. The molecule has 0 saturated carbocycles. The summed E-state index contributed by atoms with van der Waals surface area (Å²) in [7, 11) is -4.17.